The maximum Gasteiger partial charge on any atom is 0.257 e. The molecule has 1 saturated carbocycles. The van der Waals surface area contributed by atoms with Crippen molar-refractivity contribution < 1.29 is 13.6 Å². The Morgan fingerprint density at radius 2 is 2.05 bits per heavy atom. The van der Waals surface area contributed by atoms with Gasteiger partial charge in [-0.2, -0.15) is 0 Å². The lowest BCUT2D eigenvalue weighted by Gasteiger charge is -2.25. The van der Waals surface area contributed by atoms with Crippen LogP contribution in [-0.2, 0) is 0 Å². The number of nitrogen functional groups attached to an aromatic ring is 1. The number of nitrogens with zero attached hydrogens (tertiary/aromatic N) is 1. The Balaban J connectivity index is 2.31. The minimum Gasteiger partial charge on any atom is -0.396 e. The minimum absolute atomic E-state index is 0.152. The van der Waals surface area contributed by atoms with Crippen LogP contribution in [0.3, 0.4) is 0 Å². The molecule has 0 unspecified atom stereocenters. The van der Waals surface area contributed by atoms with Crippen LogP contribution in [-0.4, -0.2) is 23.4 Å². The molecule has 1 amide bonds. The zero-order chi connectivity index (χ0) is 14.2. The third kappa shape index (κ3) is 3.03. The van der Waals surface area contributed by atoms with E-state index in [4.69, 9.17) is 5.73 Å². The molecule has 0 heterocycles. The molecule has 0 radical (unpaired) electrons. The summed E-state index contributed by atoms with van der Waals surface area (Å²) in [4.78, 5) is 14.0. The second-order valence-electron chi connectivity index (χ2n) is 5.44. The van der Waals surface area contributed by atoms with Gasteiger partial charge in [0, 0.05) is 12.6 Å². The highest BCUT2D eigenvalue weighted by atomic mass is 19.1. The van der Waals surface area contributed by atoms with E-state index in [0.717, 1.165) is 25.0 Å². The summed E-state index contributed by atoms with van der Waals surface area (Å²) < 4.78 is 27.2. The molecule has 0 atom stereocenters. The Bertz CT molecular complexity index is 498. The van der Waals surface area contributed by atoms with Gasteiger partial charge in [-0.3, -0.25) is 4.79 Å². The third-order valence-corrected chi connectivity index (χ3v) is 3.11. The Morgan fingerprint density at radius 1 is 1.42 bits per heavy atom. The molecule has 5 heteroatoms. The summed E-state index contributed by atoms with van der Waals surface area (Å²) in [6.07, 6.45) is 1.84. The lowest BCUT2D eigenvalue weighted by Crippen LogP contribution is -2.36. The van der Waals surface area contributed by atoms with E-state index in [0.29, 0.717) is 6.54 Å². The first kappa shape index (κ1) is 13.8. The Kier molecular flexibility index (Phi) is 3.73. The first-order valence-corrected chi connectivity index (χ1v) is 6.45. The van der Waals surface area contributed by atoms with Crippen molar-refractivity contribution in [3.8, 4) is 0 Å². The largest absolute Gasteiger partial charge is 0.396 e. The predicted molar refractivity (Wildman–Crippen MR) is 69.7 cm³/mol. The fraction of sp³-hybridized carbons (Fsp3) is 0.500. The Labute approximate surface area is 111 Å². The highest BCUT2D eigenvalue weighted by Crippen LogP contribution is 2.30. The molecule has 1 fully saturated rings. The predicted octanol–water partition coefficient (Wildman–Crippen LogP) is 2.81. The average Bonchev–Trinajstić information content (AvgIpc) is 3.13. The highest BCUT2D eigenvalue weighted by molar-refractivity contribution is 5.95. The highest BCUT2D eigenvalue weighted by Gasteiger charge is 2.34. The van der Waals surface area contributed by atoms with Crippen molar-refractivity contribution in [2.24, 2.45) is 5.92 Å². The molecule has 1 aromatic rings. The molecule has 104 valence electrons. The number of anilines is 1. The van der Waals surface area contributed by atoms with Crippen molar-refractivity contribution in [1.82, 2.24) is 4.90 Å². The van der Waals surface area contributed by atoms with Crippen LogP contribution in [0.15, 0.2) is 12.1 Å². The topological polar surface area (TPSA) is 46.3 Å². The van der Waals surface area contributed by atoms with Gasteiger partial charge in [0.1, 0.15) is 5.82 Å². The lowest BCUT2D eigenvalue weighted by atomic mass is 10.1. The molecule has 0 saturated heterocycles. The first-order chi connectivity index (χ1) is 8.90. The Hall–Kier alpha value is -1.65. The number of halogens is 2. The molecular formula is C14H18F2N2O. The second-order valence-corrected chi connectivity index (χ2v) is 5.44. The molecule has 0 spiro atoms. The van der Waals surface area contributed by atoms with Gasteiger partial charge in [0.25, 0.3) is 5.91 Å². The molecule has 0 bridgehead atoms. The average molecular weight is 268 g/mol. The van der Waals surface area contributed by atoms with E-state index in [-0.39, 0.29) is 23.2 Å². The standard InChI is InChI=1S/C14H18F2N2O/c1-8(2)7-18(10-3-4-10)14(19)11-5-9(15)6-12(17)13(11)16/h5-6,8,10H,3-4,7,17H2,1-2H3. The van der Waals surface area contributed by atoms with Crippen LogP contribution in [0.25, 0.3) is 0 Å². The minimum atomic E-state index is -0.833. The van der Waals surface area contributed by atoms with E-state index in [1.54, 1.807) is 4.90 Å². The normalized spacial score (nSPS) is 14.8. The van der Waals surface area contributed by atoms with Crippen LogP contribution in [0.5, 0.6) is 0 Å². The zero-order valence-corrected chi connectivity index (χ0v) is 11.1. The van der Waals surface area contributed by atoms with Crippen LogP contribution in [0.4, 0.5) is 14.5 Å². The maximum atomic E-state index is 13.9. The number of benzene rings is 1. The van der Waals surface area contributed by atoms with Gasteiger partial charge in [-0.25, -0.2) is 8.78 Å². The van der Waals surface area contributed by atoms with Crippen molar-refractivity contribution in [2.45, 2.75) is 32.7 Å². The van der Waals surface area contributed by atoms with Gasteiger partial charge in [-0.1, -0.05) is 13.8 Å². The molecule has 0 aromatic heterocycles. The van der Waals surface area contributed by atoms with Gasteiger partial charge in [0.2, 0.25) is 0 Å². The van der Waals surface area contributed by atoms with Crippen LogP contribution < -0.4 is 5.73 Å². The molecule has 0 aliphatic heterocycles. The van der Waals surface area contributed by atoms with E-state index in [9.17, 15) is 13.6 Å². The molecule has 1 aliphatic rings. The van der Waals surface area contributed by atoms with Gasteiger partial charge in [0.05, 0.1) is 11.3 Å². The summed E-state index contributed by atoms with van der Waals surface area (Å²) in [7, 11) is 0. The van der Waals surface area contributed by atoms with E-state index < -0.39 is 17.5 Å². The summed E-state index contributed by atoms with van der Waals surface area (Å²) in [6.45, 7) is 4.51. The fourth-order valence-electron chi connectivity index (χ4n) is 2.10. The SMILES string of the molecule is CC(C)CN(C(=O)c1cc(F)cc(N)c1F)C1CC1. The number of hydrogen-bond donors (Lipinski definition) is 1. The van der Waals surface area contributed by atoms with Gasteiger partial charge >= 0.3 is 0 Å². The van der Waals surface area contributed by atoms with Crippen LogP contribution in [0.1, 0.15) is 37.0 Å². The molecule has 19 heavy (non-hydrogen) atoms. The smallest absolute Gasteiger partial charge is 0.257 e. The zero-order valence-electron chi connectivity index (χ0n) is 11.1. The van der Waals surface area contributed by atoms with Crippen molar-refractivity contribution in [1.29, 1.82) is 0 Å². The number of hydrogen-bond acceptors (Lipinski definition) is 2. The Morgan fingerprint density at radius 3 is 2.58 bits per heavy atom. The van der Waals surface area contributed by atoms with Crippen LogP contribution >= 0.6 is 0 Å². The molecule has 2 N–H and O–H groups in total. The monoisotopic (exact) mass is 268 g/mol. The number of nitrogens with two attached hydrogens (primary N) is 1. The van der Waals surface area contributed by atoms with Crippen molar-refractivity contribution in [3.63, 3.8) is 0 Å². The number of carbonyl (C=O) groups excluding carboxylic acids is 1. The summed E-state index contributed by atoms with van der Waals surface area (Å²) in [5, 5.41) is 0. The van der Waals surface area contributed by atoms with Crippen LogP contribution in [0.2, 0.25) is 0 Å². The van der Waals surface area contributed by atoms with Gasteiger partial charge in [-0.05, 0) is 30.9 Å². The molecule has 1 aliphatic carbocycles. The van der Waals surface area contributed by atoms with Gasteiger partial charge in [0.15, 0.2) is 5.82 Å². The molecule has 1 aromatic carbocycles. The molecule has 2 rings (SSSR count). The number of carbonyl (C=O) groups is 1. The summed E-state index contributed by atoms with van der Waals surface area (Å²) in [5.74, 6) is -1.72. The van der Waals surface area contributed by atoms with Crippen molar-refractivity contribution in [3.05, 3.63) is 29.3 Å². The van der Waals surface area contributed by atoms with E-state index in [2.05, 4.69) is 0 Å². The number of amides is 1. The summed E-state index contributed by atoms with van der Waals surface area (Å²) >= 11 is 0. The van der Waals surface area contributed by atoms with E-state index in [1.165, 1.54) is 0 Å². The maximum absolute atomic E-state index is 13.9. The lowest BCUT2D eigenvalue weighted by molar-refractivity contribution is 0.0717. The first-order valence-electron chi connectivity index (χ1n) is 6.45. The van der Waals surface area contributed by atoms with E-state index in [1.807, 2.05) is 13.8 Å². The van der Waals surface area contributed by atoms with E-state index >= 15 is 0 Å². The van der Waals surface area contributed by atoms with Crippen molar-refractivity contribution >= 4 is 11.6 Å². The second kappa shape index (κ2) is 5.15. The molecule has 3 nitrogen and oxygen atoms in total. The summed E-state index contributed by atoms with van der Waals surface area (Å²) in [6, 6.07) is 1.96. The third-order valence-electron chi connectivity index (χ3n) is 3.11. The van der Waals surface area contributed by atoms with Gasteiger partial charge < -0.3 is 10.6 Å². The van der Waals surface area contributed by atoms with Crippen LogP contribution in [0, 0.1) is 17.6 Å². The summed E-state index contributed by atoms with van der Waals surface area (Å²) in [5.41, 5.74) is 4.76. The van der Waals surface area contributed by atoms with Crippen molar-refractivity contribution in [2.75, 3.05) is 12.3 Å². The molecular weight excluding hydrogens is 250 g/mol. The number of rotatable bonds is 4. The quantitative estimate of drug-likeness (QED) is 0.853. The van der Waals surface area contributed by atoms with Gasteiger partial charge in [-0.15, -0.1) is 0 Å². The fourth-order valence-corrected chi connectivity index (χ4v) is 2.10.